The molecule has 116 valence electrons. The fraction of sp³-hybridized carbons (Fsp3) is 0.562. The molecule has 0 bridgehead atoms. The molecule has 1 aromatic carbocycles. The van der Waals surface area contributed by atoms with Crippen LogP contribution in [0.2, 0.25) is 0 Å². The smallest absolute Gasteiger partial charge is 0.306 e. The largest absolute Gasteiger partial charge is 0.481 e. The number of carboxylic acid groups (broad SMARTS) is 1. The Labute approximate surface area is 123 Å². The van der Waals surface area contributed by atoms with Crippen LogP contribution in [0.4, 0.5) is 8.78 Å². The van der Waals surface area contributed by atoms with Crippen LogP contribution >= 0.6 is 0 Å². The van der Waals surface area contributed by atoms with E-state index in [1.165, 1.54) is 12.1 Å². The van der Waals surface area contributed by atoms with Gasteiger partial charge in [0.1, 0.15) is 11.6 Å². The molecule has 1 aliphatic rings. The van der Waals surface area contributed by atoms with Crippen LogP contribution in [0, 0.1) is 17.6 Å². The highest BCUT2D eigenvalue weighted by molar-refractivity contribution is 5.70. The molecule has 0 amide bonds. The minimum atomic E-state index is -0.731. The molecule has 0 spiro atoms. The third-order valence-corrected chi connectivity index (χ3v) is 4.26. The number of rotatable bonds is 5. The molecule has 0 aromatic heterocycles. The van der Waals surface area contributed by atoms with Crippen molar-refractivity contribution in [1.82, 2.24) is 5.32 Å². The predicted molar refractivity (Wildman–Crippen MR) is 75.9 cm³/mol. The molecule has 1 aliphatic carbocycles. The maximum atomic E-state index is 13.9. The number of halogens is 2. The Morgan fingerprint density at radius 1 is 1.33 bits per heavy atom. The van der Waals surface area contributed by atoms with Crippen molar-refractivity contribution >= 4 is 5.97 Å². The lowest BCUT2D eigenvalue weighted by atomic mass is 9.85. The lowest BCUT2D eigenvalue weighted by Crippen LogP contribution is -2.37. The summed E-state index contributed by atoms with van der Waals surface area (Å²) in [7, 11) is 0. The molecule has 0 aliphatic heterocycles. The minimum Gasteiger partial charge on any atom is -0.481 e. The summed E-state index contributed by atoms with van der Waals surface area (Å²) in [6.45, 7) is 1.95. The Morgan fingerprint density at radius 3 is 2.52 bits per heavy atom. The van der Waals surface area contributed by atoms with E-state index in [2.05, 4.69) is 5.32 Å². The maximum Gasteiger partial charge on any atom is 0.306 e. The van der Waals surface area contributed by atoms with E-state index >= 15 is 0 Å². The average Bonchev–Trinajstić information content (AvgIpc) is 2.46. The maximum absolute atomic E-state index is 13.9. The van der Waals surface area contributed by atoms with E-state index in [0.717, 1.165) is 18.9 Å². The number of aliphatic carboxylic acids is 1. The van der Waals surface area contributed by atoms with Crippen LogP contribution in [0.15, 0.2) is 18.2 Å². The van der Waals surface area contributed by atoms with Gasteiger partial charge in [0, 0.05) is 23.7 Å². The van der Waals surface area contributed by atoms with Gasteiger partial charge in [0.05, 0.1) is 5.92 Å². The van der Waals surface area contributed by atoms with Gasteiger partial charge < -0.3 is 10.4 Å². The van der Waals surface area contributed by atoms with Crippen molar-refractivity contribution in [3.05, 3.63) is 35.4 Å². The number of nitrogens with one attached hydrogen (secondary N) is 1. The summed E-state index contributed by atoms with van der Waals surface area (Å²) < 4.78 is 26.8. The SMILES string of the molecule is CCC(NC1CCC(C(=O)O)CC1)c1ccc(F)cc1F. The summed E-state index contributed by atoms with van der Waals surface area (Å²) in [5.41, 5.74) is 0.472. The molecule has 5 heteroatoms. The molecule has 0 radical (unpaired) electrons. The van der Waals surface area contributed by atoms with Gasteiger partial charge in [0.15, 0.2) is 0 Å². The Hall–Kier alpha value is -1.49. The first kappa shape index (κ1) is 15.9. The van der Waals surface area contributed by atoms with Gasteiger partial charge in [-0.25, -0.2) is 8.78 Å². The molecule has 0 saturated heterocycles. The van der Waals surface area contributed by atoms with E-state index < -0.39 is 17.6 Å². The van der Waals surface area contributed by atoms with Crippen LogP contribution < -0.4 is 5.32 Å². The van der Waals surface area contributed by atoms with Crippen molar-refractivity contribution in [3.63, 3.8) is 0 Å². The van der Waals surface area contributed by atoms with E-state index in [0.29, 0.717) is 24.8 Å². The minimum absolute atomic E-state index is 0.169. The van der Waals surface area contributed by atoms with E-state index in [1.807, 2.05) is 6.92 Å². The summed E-state index contributed by atoms with van der Waals surface area (Å²) in [5, 5.41) is 12.4. The highest BCUT2D eigenvalue weighted by Crippen LogP contribution is 2.28. The molecule has 1 fully saturated rings. The zero-order valence-corrected chi connectivity index (χ0v) is 12.1. The topological polar surface area (TPSA) is 49.3 Å². The van der Waals surface area contributed by atoms with Gasteiger partial charge >= 0.3 is 5.97 Å². The summed E-state index contributed by atoms with van der Waals surface area (Å²) >= 11 is 0. The monoisotopic (exact) mass is 297 g/mol. The second-order valence-corrected chi connectivity index (χ2v) is 5.68. The molecule has 21 heavy (non-hydrogen) atoms. The van der Waals surface area contributed by atoms with E-state index in [1.54, 1.807) is 0 Å². The Kier molecular flexibility index (Phi) is 5.28. The van der Waals surface area contributed by atoms with Crippen LogP contribution in [-0.4, -0.2) is 17.1 Å². The molecule has 1 unspecified atom stereocenters. The van der Waals surface area contributed by atoms with Crippen LogP contribution in [0.3, 0.4) is 0 Å². The van der Waals surface area contributed by atoms with E-state index in [9.17, 15) is 13.6 Å². The Bertz CT molecular complexity index is 499. The van der Waals surface area contributed by atoms with Gasteiger partial charge in [0.25, 0.3) is 0 Å². The molecular formula is C16H21F2NO2. The number of hydrogen-bond acceptors (Lipinski definition) is 2. The first-order valence-corrected chi connectivity index (χ1v) is 7.45. The zero-order valence-electron chi connectivity index (χ0n) is 12.1. The van der Waals surface area contributed by atoms with Crippen molar-refractivity contribution < 1.29 is 18.7 Å². The molecule has 1 aromatic rings. The van der Waals surface area contributed by atoms with E-state index in [4.69, 9.17) is 5.11 Å². The number of carboxylic acids is 1. The Balaban J connectivity index is 1.98. The summed E-state index contributed by atoms with van der Waals surface area (Å²) in [6.07, 6.45) is 3.54. The third kappa shape index (κ3) is 4.00. The van der Waals surface area contributed by atoms with Crippen LogP contribution in [-0.2, 0) is 4.79 Å². The highest BCUT2D eigenvalue weighted by atomic mass is 19.1. The van der Waals surface area contributed by atoms with Gasteiger partial charge in [-0.3, -0.25) is 4.79 Å². The van der Waals surface area contributed by atoms with Gasteiger partial charge in [-0.15, -0.1) is 0 Å². The quantitative estimate of drug-likeness (QED) is 0.872. The first-order chi connectivity index (χ1) is 10.0. The molecular weight excluding hydrogens is 276 g/mol. The Morgan fingerprint density at radius 2 is 2.00 bits per heavy atom. The van der Waals surface area contributed by atoms with Crippen molar-refractivity contribution in [1.29, 1.82) is 0 Å². The summed E-state index contributed by atoms with van der Waals surface area (Å²) in [6, 6.07) is 3.67. The predicted octanol–water partition coefficient (Wildman–Crippen LogP) is 3.65. The molecule has 0 heterocycles. The van der Waals surface area contributed by atoms with Gasteiger partial charge in [0.2, 0.25) is 0 Å². The van der Waals surface area contributed by atoms with Crippen LogP contribution in [0.25, 0.3) is 0 Å². The average molecular weight is 297 g/mol. The fourth-order valence-corrected chi connectivity index (χ4v) is 3.00. The van der Waals surface area contributed by atoms with Gasteiger partial charge in [-0.1, -0.05) is 13.0 Å². The number of benzene rings is 1. The zero-order chi connectivity index (χ0) is 15.4. The lowest BCUT2D eigenvalue weighted by molar-refractivity contribution is -0.142. The standard InChI is InChI=1S/C16H21F2NO2/c1-2-15(13-8-5-11(17)9-14(13)18)19-12-6-3-10(4-7-12)16(20)21/h5,8-10,12,15,19H,2-4,6-7H2,1H3,(H,20,21). The van der Waals surface area contributed by atoms with Crippen molar-refractivity contribution in [2.75, 3.05) is 0 Å². The normalized spacial score (nSPS) is 23.8. The highest BCUT2D eigenvalue weighted by Gasteiger charge is 2.27. The number of carbonyl (C=O) groups is 1. The van der Waals surface area contributed by atoms with E-state index in [-0.39, 0.29) is 18.0 Å². The van der Waals surface area contributed by atoms with Crippen molar-refractivity contribution in [3.8, 4) is 0 Å². The van der Waals surface area contributed by atoms with Crippen LogP contribution in [0.5, 0.6) is 0 Å². The summed E-state index contributed by atoms with van der Waals surface area (Å²) in [4.78, 5) is 10.9. The molecule has 1 atom stereocenters. The first-order valence-electron chi connectivity index (χ1n) is 7.45. The molecule has 3 nitrogen and oxygen atoms in total. The second-order valence-electron chi connectivity index (χ2n) is 5.68. The van der Waals surface area contributed by atoms with Gasteiger partial charge in [-0.2, -0.15) is 0 Å². The molecule has 1 saturated carbocycles. The third-order valence-electron chi connectivity index (χ3n) is 4.26. The summed E-state index contributed by atoms with van der Waals surface area (Å²) in [5.74, 6) is -2.10. The number of hydrogen-bond donors (Lipinski definition) is 2. The second kappa shape index (κ2) is 6.98. The fourth-order valence-electron chi connectivity index (χ4n) is 3.00. The molecule has 2 rings (SSSR count). The molecule has 2 N–H and O–H groups in total. The van der Waals surface area contributed by atoms with Crippen LogP contribution in [0.1, 0.15) is 50.6 Å². The van der Waals surface area contributed by atoms with Crippen molar-refractivity contribution in [2.24, 2.45) is 5.92 Å². The van der Waals surface area contributed by atoms with Gasteiger partial charge in [-0.05, 0) is 38.2 Å². The lowest BCUT2D eigenvalue weighted by Gasteiger charge is -2.30. The van der Waals surface area contributed by atoms with Crippen molar-refractivity contribution in [2.45, 2.75) is 51.1 Å².